The lowest BCUT2D eigenvalue weighted by molar-refractivity contribution is -0.124. The van der Waals surface area contributed by atoms with Gasteiger partial charge in [0.1, 0.15) is 5.02 Å². The average molecular weight is 412 g/mol. The number of benzene rings is 1. The highest BCUT2D eigenvalue weighted by molar-refractivity contribution is 6.41. The van der Waals surface area contributed by atoms with Gasteiger partial charge in [-0.1, -0.05) is 55.1 Å². The van der Waals surface area contributed by atoms with Gasteiger partial charge in [0, 0.05) is 6.54 Å². The van der Waals surface area contributed by atoms with Crippen LogP contribution in [-0.4, -0.2) is 34.8 Å². The second kappa shape index (κ2) is 10.1. The number of hydrogen-bond acceptors (Lipinski definition) is 5. The summed E-state index contributed by atoms with van der Waals surface area (Å²) >= 11 is 11.6. The van der Waals surface area contributed by atoms with E-state index in [9.17, 15) is 14.4 Å². The zero-order chi connectivity index (χ0) is 19.8. The lowest BCUT2D eigenvalue weighted by Crippen LogP contribution is -2.30. The van der Waals surface area contributed by atoms with Gasteiger partial charge in [-0.05, 0) is 18.6 Å². The van der Waals surface area contributed by atoms with Gasteiger partial charge in [-0.15, -0.1) is 0 Å². The molecule has 0 radical (unpaired) electrons. The number of carbonyl (C=O) groups excluding carboxylic acids is 2. The van der Waals surface area contributed by atoms with Crippen LogP contribution in [0.15, 0.2) is 35.3 Å². The summed E-state index contributed by atoms with van der Waals surface area (Å²) in [6.45, 7) is 2.18. The number of aromatic nitrogens is 2. The van der Waals surface area contributed by atoms with Crippen LogP contribution in [0.4, 0.5) is 0 Å². The summed E-state index contributed by atoms with van der Waals surface area (Å²) in [5.41, 5.74) is -0.420. The Morgan fingerprint density at radius 2 is 1.96 bits per heavy atom. The minimum atomic E-state index is -0.755. The molecule has 7 nitrogen and oxygen atoms in total. The first-order valence-electron chi connectivity index (χ1n) is 8.42. The van der Waals surface area contributed by atoms with Gasteiger partial charge in [0.05, 0.1) is 22.5 Å². The van der Waals surface area contributed by atoms with E-state index in [-0.39, 0.29) is 27.2 Å². The van der Waals surface area contributed by atoms with Gasteiger partial charge >= 0.3 is 5.97 Å². The summed E-state index contributed by atoms with van der Waals surface area (Å²) in [5, 5.41) is 6.39. The van der Waals surface area contributed by atoms with Crippen molar-refractivity contribution in [1.82, 2.24) is 15.1 Å². The van der Waals surface area contributed by atoms with E-state index in [0.717, 1.165) is 23.9 Å². The second-order valence-electron chi connectivity index (χ2n) is 5.67. The van der Waals surface area contributed by atoms with Crippen molar-refractivity contribution in [3.05, 3.63) is 56.4 Å². The first-order chi connectivity index (χ1) is 13.0. The van der Waals surface area contributed by atoms with Crippen LogP contribution in [0, 0.1) is 0 Å². The number of rotatable bonds is 8. The average Bonchev–Trinajstić information content (AvgIpc) is 2.68. The molecule has 0 bridgehead atoms. The lowest BCUT2D eigenvalue weighted by atomic mass is 10.2. The zero-order valence-electron chi connectivity index (χ0n) is 14.7. The summed E-state index contributed by atoms with van der Waals surface area (Å²) in [7, 11) is 0. The quantitative estimate of drug-likeness (QED) is 0.532. The molecular weight excluding hydrogens is 393 g/mol. The largest absolute Gasteiger partial charge is 0.452 e. The minimum absolute atomic E-state index is 0.0118. The summed E-state index contributed by atoms with van der Waals surface area (Å²) in [4.78, 5) is 36.4. The normalized spacial score (nSPS) is 10.5. The Balaban J connectivity index is 2.12. The van der Waals surface area contributed by atoms with Crippen molar-refractivity contribution in [2.45, 2.75) is 26.2 Å². The fourth-order valence-corrected chi connectivity index (χ4v) is 2.53. The highest BCUT2D eigenvalue weighted by Gasteiger charge is 2.18. The molecule has 144 valence electrons. The van der Waals surface area contributed by atoms with Gasteiger partial charge in [-0.3, -0.25) is 9.59 Å². The van der Waals surface area contributed by atoms with Gasteiger partial charge < -0.3 is 10.1 Å². The number of halogens is 2. The molecular formula is C18H19Cl2N3O4. The minimum Gasteiger partial charge on any atom is -0.452 e. The predicted octanol–water partition coefficient (Wildman–Crippen LogP) is 3.00. The monoisotopic (exact) mass is 411 g/mol. The molecule has 0 fully saturated rings. The number of unbranched alkanes of at least 4 members (excludes halogenated alkanes) is 2. The van der Waals surface area contributed by atoms with Crippen LogP contribution in [0.3, 0.4) is 0 Å². The summed E-state index contributed by atoms with van der Waals surface area (Å²) in [6.07, 6.45) is 4.13. The van der Waals surface area contributed by atoms with Crippen LogP contribution < -0.4 is 10.9 Å². The predicted molar refractivity (Wildman–Crippen MR) is 103 cm³/mol. The standard InChI is InChI=1S/C18H19Cl2N3O4/c1-2-3-6-9-21-15(24)11-27-18(26)12-7-4-5-8-14(12)23-17(25)16(20)13(19)10-22-23/h4-5,7-8,10H,2-3,6,9,11H2,1H3,(H,21,24). The molecule has 1 aromatic heterocycles. The molecule has 0 unspecified atom stereocenters. The molecule has 1 heterocycles. The van der Waals surface area contributed by atoms with Crippen molar-refractivity contribution in [1.29, 1.82) is 0 Å². The van der Waals surface area contributed by atoms with Crippen LogP contribution in [0.5, 0.6) is 0 Å². The highest BCUT2D eigenvalue weighted by Crippen LogP contribution is 2.18. The van der Waals surface area contributed by atoms with E-state index in [1.165, 1.54) is 18.3 Å². The summed E-state index contributed by atoms with van der Waals surface area (Å²) in [6, 6.07) is 6.21. The van der Waals surface area contributed by atoms with E-state index in [0.29, 0.717) is 6.54 Å². The van der Waals surface area contributed by atoms with Gasteiger partial charge in [-0.25, -0.2) is 4.79 Å². The number of ether oxygens (including phenoxy) is 1. The van der Waals surface area contributed by atoms with Crippen LogP contribution in [0.1, 0.15) is 36.5 Å². The van der Waals surface area contributed by atoms with Gasteiger partial charge in [0.15, 0.2) is 6.61 Å². The van der Waals surface area contributed by atoms with Crippen LogP contribution >= 0.6 is 23.2 Å². The number of carbonyl (C=O) groups is 2. The Morgan fingerprint density at radius 3 is 2.70 bits per heavy atom. The van der Waals surface area contributed by atoms with Crippen molar-refractivity contribution in [2.24, 2.45) is 0 Å². The Labute approximate surface area is 166 Å². The van der Waals surface area contributed by atoms with Crippen LogP contribution in [-0.2, 0) is 9.53 Å². The zero-order valence-corrected chi connectivity index (χ0v) is 16.2. The molecule has 0 saturated heterocycles. The molecule has 9 heteroatoms. The fourth-order valence-electron chi connectivity index (χ4n) is 2.28. The Morgan fingerprint density at radius 1 is 1.22 bits per heavy atom. The molecule has 0 aliphatic carbocycles. The third-order valence-electron chi connectivity index (χ3n) is 3.67. The van der Waals surface area contributed by atoms with Crippen molar-refractivity contribution >= 4 is 35.1 Å². The number of nitrogens with one attached hydrogen (secondary N) is 1. The molecule has 0 aliphatic rings. The molecule has 2 rings (SSSR count). The van der Waals surface area contributed by atoms with Crippen molar-refractivity contribution < 1.29 is 14.3 Å². The summed E-state index contributed by atoms with van der Waals surface area (Å²) in [5.74, 6) is -1.14. The maximum absolute atomic E-state index is 12.4. The fraction of sp³-hybridized carbons (Fsp3) is 0.333. The van der Waals surface area contributed by atoms with Gasteiger partial charge in [0.2, 0.25) is 0 Å². The molecule has 1 N–H and O–H groups in total. The maximum Gasteiger partial charge on any atom is 0.340 e. The molecule has 0 atom stereocenters. The topological polar surface area (TPSA) is 90.3 Å². The Hall–Kier alpha value is -2.38. The van der Waals surface area contributed by atoms with E-state index in [1.54, 1.807) is 12.1 Å². The first kappa shape index (κ1) is 20.9. The van der Waals surface area contributed by atoms with Crippen LogP contribution in [0.2, 0.25) is 10.0 Å². The second-order valence-corrected chi connectivity index (χ2v) is 6.46. The molecule has 0 spiro atoms. The number of esters is 1. The number of hydrogen-bond donors (Lipinski definition) is 1. The smallest absolute Gasteiger partial charge is 0.340 e. The molecule has 1 amide bonds. The van der Waals surface area contributed by atoms with E-state index in [4.69, 9.17) is 27.9 Å². The van der Waals surface area contributed by atoms with E-state index in [1.807, 2.05) is 0 Å². The number of amides is 1. The van der Waals surface area contributed by atoms with Gasteiger partial charge in [0.25, 0.3) is 11.5 Å². The lowest BCUT2D eigenvalue weighted by Gasteiger charge is -2.11. The molecule has 27 heavy (non-hydrogen) atoms. The maximum atomic E-state index is 12.4. The molecule has 0 aliphatic heterocycles. The molecule has 0 saturated carbocycles. The van der Waals surface area contributed by atoms with Crippen molar-refractivity contribution in [3.63, 3.8) is 0 Å². The third-order valence-corrected chi connectivity index (χ3v) is 4.41. The highest BCUT2D eigenvalue weighted by atomic mass is 35.5. The number of nitrogens with zero attached hydrogens (tertiary/aromatic N) is 2. The van der Waals surface area contributed by atoms with Crippen LogP contribution in [0.25, 0.3) is 5.69 Å². The Kier molecular flexibility index (Phi) is 7.82. The van der Waals surface area contributed by atoms with Gasteiger partial charge in [-0.2, -0.15) is 9.78 Å². The molecule has 2 aromatic rings. The first-order valence-corrected chi connectivity index (χ1v) is 9.17. The molecule has 1 aromatic carbocycles. The Bertz CT molecular complexity index is 883. The van der Waals surface area contributed by atoms with Crippen molar-refractivity contribution in [3.8, 4) is 5.69 Å². The van der Waals surface area contributed by atoms with E-state index < -0.39 is 18.1 Å². The summed E-state index contributed by atoms with van der Waals surface area (Å²) < 4.78 is 6.00. The SMILES string of the molecule is CCCCCNC(=O)COC(=O)c1ccccc1-n1ncc(Cl)c(Cl)c1=O. The number of para-hydroxylation sites is 1. The van der Waals surface area contributed by atoms with E-state index >= 15 is 0 Å². The third kappa shape index (κ3) is 5.55. The van der Waals surface area contributed by atoms with Crippen molar-refractivity contribution in [2.75, 3.05) is 13.2 Å². The van der Waals surface area contributed by atoms with E-state index in [2.05, 4.69) is 17.3 Å².